The summed E-state index contributed by atoms with van der Waals surface area (Å²) in [4.78, 5) is 24.0. The third-order valence-corrected chi connectivity index (χ3v) is 3.66. The number of carbonyl (C=O) groups is 2. The average Bonchev–Trinajstić information content (AvgIpc) is 2.54. The van der Waals surface area contributed by atoms with Crippen molar-refractivity contribution in [1.29, 1.82) is 0 Å². The number of carbonyl (C=O) groups excluding carboxylic acids is 2. The molecule has 2 aromatic rings. The standard InChI is InChI=1S/C18H20N2O4/c1-11-8-9-14(15(10-11)24-16(21)12(2)19)18(23,17(20)22)13-6-4-3-5-7-13/h3-10,12,23H,19H2,1-2H3,(H2,20,22)/t12-,18?/m0/s1. The number of nitrogens with two attached hydrogens (primary N) is 2. The molecule has 24 heavy (non-hydrogen) atoms. The van der Waals surface area contributed by atoms with E-state index in [1.807, 2.05) is 0 Å². The van der Waals surface area contributed by atoms with Crippen molar-refractivity contribution in [1.82, 2.24) is 0 Å². The maximum atomic E-state index is 12.1. The fraction of sp³-hybridized carbons (Fsp3) is 0.222. The zero-order chi connectivity index (χ0) is 17.9. The normalized spacial score (nSPS) is 14.5. The Hall–Kier alpha value is -2.70. The number of hydrogen-bond acceptors (Lipinski definition) is 5. The number of benzene rings is 2. The molecule has 126 valence electrons. The number of rotatable bonds is 5. The van der Waals surface area contributed by atoms with Gasteiger partial charge in [0, 0.05) is 5.56 Å². The van der Waals surface area contributed by atoms with Crippen LogP contribution < -0.4 is 16.2 Å². The van der Waals surface area contributed by atoms with E-state index in [0.717, 1.165) is 5.56 Å². The monoisotopic (exact) mass is 328 g/mol. The van der Waals surface area contributed by atoms with Crippen molar-refractivity contribution in [3.63, 3.8) is 0 Å². The zero-order valence-corrected chi connectivity index (χ0v) is 13.5. The third-order valence-electron chi connectivity index (χ3n) is 3.66. The number of amides is 1. The molecule has 0 bridgehead atoms. The lowest BCUT2D eigenvalue weighted by atomic mass is 9.84. The first-order valence-corrected chi connectivity index (χ1v) is 7.43. The highest BCUT2D eigenvalue weighted by molar-refractivity contribution is 5.90. The molecule has 2 atom stereocenters. The lowest BCUT2D eigenvalue weighted by molar-refractivity contribution is -0.137. The van der Waals surface area contributed by atoms with Crippen LogP contribution in [0.25, 0.3) is 0 Å². The summed E-state index contributed by atoms with van der Waals surface area (Å²) < 4.78 is 5.27. The number of hydrogen-bond donors (Lipinski definition) is 3. The van der Waals surface area contributed by atoms with E-state index in [4.69, 9.17) is 16.2 Å². The number of primary amides is 1. The fourth-order valence-corrected chi connectivity index (χ4v) is 2.32. The van der Waals surface area contributed by atoms with E-state index in [-0.39, 0.29) is 16.9 Å². The van der Waals surface area contributed by atoms with E-state index in [9.17, 15) is 14.7 Å². The molecule has 6 nitrogen and oxygen atoms in total. The second-order valence-electron chi connectivity index (χ2n) is 5.65. The zero-order valence-electron chi connectivity index (χ0n) is 13.5. The quantitative estimate of drug-likeness (QED) is 0.559. The Morgan fingerprint density at radius 3 is 2.33 bits per heavy atom. The molecule has 2 rings (SSSR count). The molecule has 0 aliphatic rings. The first kappa shape index (κ1) is 17.7. The van der Waals surface area contributed by atoms with E-state index in [2.05, 4.69) is 0 Å². The Labute approximate surface area is 140 Å². The molecule has 0 heterocycles. The van der Waals surface area contributed by atoms with Crippen LogP contribution in [0, 0.1) is 6.92 Å². The molecule has 2 aromatic carbocycles. The Kier molecular flexibility index (Phi) is 5.02. The molecule has 1 amide bonds. The fourth-order valence-electron chi connectivity index (χ4n) is 2.32. The number of aryl methyl sites for hydroxylation is 1. The van der Waals surface area contributed by atoms with Gasteiger partial charge < -0.3 is 21.3 Å². The molecule has 0 aliphatic carbocycles. The molecule has 1 unspecified atom stereocenters. The summed E-state index contributed by atoms with van der Waals surface area (Å²) in [6, 6.07) is 12.1. The average molecular weight is 328 g/mol. The van der Waals surface area contributed by atoms with Crippen LogP contribution in [0.15, 0.2) is 48.5 Å². The summed E-state index contributed by atoms with van der Waals surface area (Å²) >= 11 is 0. The van der Waals surface area contributed by atoms with Crippen LogP contribution in [0.5, 0.6) is 5.75 Å². The van der Waals surface area contributed by atoms with Crippen molar-refractivity contribution in [2.24, 2.45) is 11.5 Å². The van der Waals surface area contributed by atoms with E-state index in [1.54, 1.807) is 49.4 Å². The highest BCUT2D eigenvalue weighted by Gasteiger charge is 2.41. The van der Waals surface area contributed by atoms with Gasteiger partial charge in [0.15, 0.2) is 5.60 Å². The van der Waals surface area contributed by atoms with Crippen LogP contribution in [-0.4, -0.2) is 23.0 Å². The summed E-state index contributed by atoms with van der Waals surface area (Å²) in [5.74, 6) is -1.61. The predicted molar refractivity (Wildman–Crippen MR) is 89.1 cm³/mol. The van der Waals surface area contributed by atoms with Crippen molar-refractivity contribution >= 4 is 11.9 Å². The van der Waals surface area contributed by atoms with Gasteiger partial charge in [-0.1, -0.05) is 42.5 Å². The minimum atomic E-state index is -2.14. The van der Waals surface area contributed by atoms with E-state index >= 15 is 0 Å². The third kappa shape index (κ3) is 3.29. The highest BCUT2D eigenvalue weighted by atomic mass is 16.5. The molecule has 0 saturated carbocycles. The Bertz CT molecular complexity index is 759. The van der Waals surface area contributed by atoms with Gasteiger partial charge in [0.25, 0.3) is 5.91 Å². The molecular formula is C18H20N2O4. The summed E-state index contributed by atoms with van der Waals surface area (Å²) in [5.41, 5.74) is 10.0. The van der Waals surface area contributed by atoms with E-state index < -0.39 is 23.5 Å². The predicted octanol–water partition coefficient (Wildman–Crippen LogP) is 0.969. The molecular weight excluding hydrogens is 308 g/mol. The van der Waals surface area contributed by atoms with Gasteiger partial charge in [0.1, 0.15) is 11.8 Å². The highest BCUT2D eigenvalue weighted by Crippen LogP contribution is 2.36. The van der Waals surface area contributed by atoms with Crippen LogP contribution in [0.1, 0.15) is 23.6 Å². The van der Waals surface area contributed by atoms with Gasteiger partial charge in [-0.15, -0.1) is 0 Å². The molecule has 6 heteroatoms. The van der Waals surface area contributed by atoms with Crippen molar-refractivity contribution in [3.8, 4) is 5.75 Å². The minimum absolute atomic E-state index is 0.0439. The van der Waals surface area contributed by atoms with Crippen LogP contribution in [0.4, 0.5) is 0 Å². The molecule has 0 radical (unpaired) electrons. The number of aliphatic hydroxyl groups is 1. The van der Waals surface area contributed by atoms with Crippen molar-refractivity contribution < 1.29 is 19.4 Å². The summed E-state index contributed by atoms with van der Waals surface area (Å²) in [5, 5.41) is 11.1. The number of ether oxygens (including phenoxy) is 1. The minimum Gasteiger partial charge on any atom is -0.425 e. The Morgan fingerprint density at radius 2 is 1.79 bits per heavy atom. The first-order chi connectivity index (χ1) is 11.3. The van der Waals surface area contributed by atoms with Crippen molar-refractivity contribution in [3.05, 3.63) is 65.2 Å². The first-order valence-electron chi connectivity index (χ1n) is 7.43. The van der Waals surface area contributed by atoms with Crippen LogP contribution in [-0.2, 0) is 15.2 Å². The molecule has 0 fully saturated rings. The van der Waals surface area contributed by atoms with Gasteiger partial charge in [-0.05, 0) is 31.0 Å². The lowest BCUT2D eigenvalue weighted by Gasteiger charge is -2.27. The number of esters is 1. The molecule has 5 N–H and O–H groups in total. The van der Waals surface area contributed by atoms with Crippen molar-refractivity contribution in [2.45, 2.75) is 25.5 Å². The van der Waals surface area contributed by atoms with Crippen LogP contribution in [0.2, 0.25) is 0 Å². The van der Waals surface area contributed by atoms with Gasteiger partial charge in [0.05, 0.1) is 0 Å². The van der Waals surface area contributed by atoms with Gasteiger partial charge in [-0.2, -0.15) is 0 Å². The van der Waals surface area contributed by atoms with Gasteiger partial charge in [0.2, 0.25) is 0 Å². The maximum absolute atomic E-state index is 12.1. The molecule has 0 aromatic heterocycles. The van der Waals surface area contributed by atoms with E-state index in [0.29, 0.717) is 0 Å². The SMILES string of the molecule is Cc1ccc(C(O)(C(N)=O)c2ccccc2)c(OC(=O)[C@H](C)N)c1. The summed E-state index contributed by atoms with van der Waals surface area (Å²) in [6.45, 7) is 3.27. The molecule has 0 saturated heterocycles. The Balaban J connectivity index is 2.63. The largest absolute Gasteiger partial charge is 0.425 e. The molecule has 0 aliphatic heterocycles. The van der Waals surface area contributed by atoms with Gasteiger partial charge >= 0.3 is 5.97 Å². The van der Waals surface area contributed by atoms with Crippen molar-refractivity contribution in [2.75, 3.05) is 0 Å². The van der Waals surface area contributed by atoms with Crippen LogP contribution >= 0.6 is 0 Å². The lowest BCUT2D eigenvalue weighted by Crippen LogP contribution is -2.43. The Morgan fingerprint density at radius 1 is 1.17 bits per heavy atom. The molecule has 0 spiro atoms. The second kappa shape index (κ2) is 6.82. The smallest absolute Gasteiger partial charge is 0.328 e. The topological polar surface area (TPSA) is 116 Å². The summed E-state index contributed by atoms with van der Waals surface area (Å²) in [6.07, 6.45) is 0. The van der Waals surface area contributed by atoms with Gasteiger partial charge in [-0.3, -0.25) is 4.79 Å². The van der Waals surface area contributed by atoms with Gasteiger partial charge in [-0.25, -0.2) is 4.79 Å². The second-order valence-corrected chi connectivity index (χ2v) is 5.65. The van der Waals surface area contributed by atoms with E-state index in [1.165, 1.54) is 13.0 Å². The maximum Gasteiger partial charge on any atom is 0.328 e. The summed E-state index contributed by atoms with van der Waals surface area (Å²) in [7, 11) is 0. The van der Waals surface area contributed by atoms with Crippen LogP contribution in [0.3, 0.4) is 0 Å².